The monoisotopic (exact) mass is 284 g/mol. The molecule has 4 heteroatoms. The van der Waals surface area contributed by atoms with Gasteiger partial charge in [-0.3, -0.25) is 9.78 Å². The van der Waals surface area contributed by atoms with E-state index in [4.69, 9.17) is 10.5 Å². The van der Waals surface area contributed by atoms with E-state index < -0.39 is 5.41 Å². The number of esters is 1. The number of pyridine rings is 1. The summed E-state index contributed by atoms with van der Waals surface area (Å²) in [5.74, 6) is -0.210. The van der Waals surface area contributed by atoms with Gasteiger partial charge in [0.05, 0.1) is 30.1 Å². The number of ether oxygens (including phenoxy) is 1. The van der Waals surface area contributed by atoms with Crippen molar-refractivity contribution in [2.24, 2.45) is 5.41 Å². The molecule has 0 radical (unpaired) electrons. The summed E-state index contributed by atoms with van der Waals surface area (Å²) in [4.78, 5) is 16.1. The van der Waals surface area contributed by atoms with Gasteiger partial charge in [-0.2, -0.15) is 0 Å². The van der Waals surface area contributed by atoms with Crippen molar-refractivity contribution < 1.29 is 9.53 Å². The van der Waals surface area contributed by atoms with Crippen molar-refractivity contribution in [1.29, 1.82) is 0 Å². The first-order valence-corrected chi connectivity index (χ1v) is 6.81. The maximum absolute atomic E-state index is 11.8. The molecule has 0 aliphatic rings. The Balaban J connectivity index is 2.26. The molecule has 110 valence electrons. The van der Waals surface area contributed by atoms with E-state index in [-0.39, 0.29) is 5.97 Å². The molecule has 0 fully saturated rings. The SMILES string of the molecule is COC(=O)C(C)(C)Cc1cccc(-c2ccc(N)cn2)c1. The third-order valence-electron chi connectivity index (χ3n) is 3.39. The van der Waals surface area contributed by atoms with Gasteiger partial charge in [-0.1, -0.05) is 18.2 Å². The second-order valence-electron chi connectivity index (χ2n) is 5.73. The number of anilines is 1. The molecule has 0 amide bonds. The maximum atomic E-state index is 11.8. The first-order chi connectivity index (χ1) is 9.92. The molecule has 2 N–H and O–H groups in total. The fraction of sp³-hybridized carbons (Fsp3) is 0.294. The molecule has 0 aliphatic carbocycles. The Hall–Kier alpha value is -2.36. The van der Waals surface area contributed by atoms with Crippen LogP contribution in [0, 0.1) is 5.41 Å². The van der Waals surface area contributed by atoms with Crippen LogP contribution in [0.3, 0.4) is 0 Å². The Morgan fingerprint density at radius 3 is 2.67 bits per heavy atom. The molecule has 0 spiro atoms. The molecular formula is C17H20N2O2. The minimum Gasteiger partial charge on any atom is -0.469 e. The molecule has 2 aromatic rings. The van der Waals surface area contributed by atoms with E-state index in [0.717, 1.165) is 16.8 Å². The summed E-state index contributed by atoms with van der Waals surface area (Å²) in [6, 6.07) is 11.7. The van der Waals surface area contributed by atoms with E-state index >= 15 is 0 Å². The number of carbonyl (C=O) groups is 1. The Bertz CT molecular complexity index is 633. The Morgan fingerprint density at radius 2 is 2.05 bits per heavy atom. The number of nitrogen functional groups attached to an aromatic ring is 1. The smallest absolute Gasteiger partial charge is 0.311 e. The third-order valence-corrected chi connectivity index (χ3v) is 3.39. The highest BCUT2D eigenvalue weighted by Crippen LogP contribution is 2.26. The summed E-state index contributed by atoms with van der Waals surface area (Å²) in [6.07, 6.45) is 2.25. The average molecular weight is 284 g/mol. The van der Waals surface area contributed by atoms with E-state index in [1.807, 2.05) is 50.2 Å². The van der Waals surface area contributed by atoms with Gasteiger partial charge in [-0.05, 0) is 44.0 Å². The molecular weight excluding hydrogens is 264 g/mol. The summed E-state index contributed by atoms with van der Waals surface area (Å²) in [5.41, 5.74) is 8.68. The third kappa shape index (κ3) is 3.60. The number of rotatable bonds is 4. The zero-order valence-electron chi connectivity index (χ0n) is 12.6. The fourth-order valence-electron chi connectivity index (χ4n) is 2.28. The number of carbonyl (C=O) groups excluding carboxylic acids is 1. The van der Waals surface area contributed by atoms with E-state index in [1.54, 1.807) is 6.20 Å². The van der Waals surface area contributed by atoms with Crippen LogP contribution in [0.5, 0.6) is 0 Å². The van der Waals surface area contributed by atoms with E-state index in [0.29, 0.717) is 12.1 Å². The predicted molar refractivity (Wildman–Crippen MR) is 83.6 cm³/mol. The first kappa shape index (κ1) is 15.0. The number of nitrogens with two attached hydrogens (primary N) is 1. The molecule has 4 nitrogen and oxygen atoms in total. The Labute approximate surface area is 125 Å². The molecule has 21 heavy (non-hydrogen) atoms. The second kappa shape index (κ2) is 5.95. The molecule has 0 unspecified atom stereocenters. The van der Waals surface area contributed by atoms with Crippen LogP contribution in [0.1, 0.15) is 19.4 Å². The van der Waals surface area contributed by atoms with E-state index in [9.17, 15) is 4.79 Å². The zero-order chi connectivity index (χ0) is 15.5. The number of hydrogen-bond donors (Lipinski definition) is 1. The number of nitrogens with zero attached hydrogens (tertiary/aromatic N) is 1. The van der Waals surface area contributed by atoms with Crippen LogP contribution in [0.15, 0.2) is 42.6 Å². The van der Waals surface area contributed by atoms with Gasteiger partial charge in [-0.25, -0.2) is 0 Å². The number of hydrogen-bond acceptors (Lipinski definition) is 4. The number of aromatic nitrogens is 1. The van der Waals surface area contributed by atoms with Crippen LogP contribution in [0.4, 0.5) is 5.69 Å². The van der Waals surface area contributed by atoms with Crippen LogP contribution < -0.4 is 5.73 Å². The van der Waals surface area contributed by atoms with E-state index in [1.165, 1.54) is 7.11 Å². The molecule has 2 rings (SSSR count). The first-order valence-electron chi connectivity index (χ1n) is 6.81. The van der Waals surface area contributed by atoms with Crippen LogP contribution in [-0.2, 0) is 16.0 Å². The van der Waals surface area contributed by atoms with Gasteiger partial charge in [0.2, 0.25) is 0 Å². The Morgan fingerprint density at radius 1 is 1.29 bits per heavy atom. The molecule has 1 heterocycles. The van der Waals surface area contributed by atoms with Gasteiger partial charge in [0.25, 0.3) is 0 Å². The lowest BCUT2D eigenvalue weighted by atomic mass is 9.85. The van der Waals surface area contributed by atoms with Crippen LogP contribution in [0.2, 0.25) is 0 Å². The molecule has 1 aromatic carbocycles. The lowest BCUT2D eigenvalue weighted by Crippen LogP contribution is -2.27. The van der Waals surface area contributed by atoms with Gasteiger partial charge >= 0.3 is 5.97 Å². The summed E-state index contributed by atoms with van der Waals surface area (Å²) < 4.78 is 4.85. The highest BCUT2D eigenvalue weighted by atomic mass is 16.5. The van der Waals surface area contributed by atoms with Crippen molar-refractivity contribution in [2.75, 3.05) is 12.8 Å². The van der Waals surface area contributed by atoms with Crippen molar-refractivity contribution >= 4 is 11.7 Å². The van der Waals surface area contributed by atoms with Crippen molar-refractivity contribution in [1.82, 2.24) is 4.98 Å². The van der Waals surface area contributed by atoms with Gasteiger partial charge in [0, 0.05) is 5.56 Å². The lowest BCUT2D eigenvalue weighted by Gasteiger charge is -2.21. The topological polar surface area (TPSA) is 65.2 Å². The minimum atomic E-state index is -0.554. The lowest BCUT2D eigenvalue weighted by molar-refractivity contribution is -0.150. The highest BCUT2D eigenvalue weighted by Gasteiger charge is 2.28. The normalized spacial score (nSPS) is 11.2. The number of methoxy groups -OCH3 is 1. The standard InChI is InChI=1S/C17H20N2O2/c1-17(2,16(20)21-3)10-12-5-4-6-13(9-12)15-8-7-14(18)11-19-15/h4-9,11H,10,18H2,1-3H3. The molecule has 1 aromatic heterocycles. The maximum Gasteiger partial charge on any atom is 0.311 e. The molecule has 0 saturated carbocycles. The summed E-state index contributed by atoms with van der Waals surface area (Å²) >= 11 is 0. The second-order valence-corrected chi connectivity index (χ2v) is 5.73. The fourth-order valence-corrected chi connectivity index (χ4v) is 2.28. The van der Waals surface area contributed by atoms with E-state index in [2.05, 4.69) is 4.98 Å². The summed E-state index contributed by atoms with van der Waals surface area (Å²) in [7, 11) is 1.42. The van der Waals surface area contributed by atoms with Gasteiger partial charge < -0.3 is 10.5 Å². The molecule has 0 aliphatic heterocycles. The zero-order valence-corrected chi connectivity index (χ0v) is 12.6. The van der Waals surface area contributed by atoms with Gasteiger partial charge in [0.15, 0.2) is 0 Å². The molecule has 0 saturated heterocycles. The minimum absolute atomic E-state index is 0.210. The summed E-state index contributed by atoms with van der Waals surface area (Å²) in [5, 5.41) is 0. The largest absolute Gasteiger partial charge is 0.469 e. The van der Waals surface area contributed by atoms with Crippen molar-refractivity contribution in [2.45, 2.75) is 20.3 Å². The quantitative estimate of drug-likeness (QED) is 0.876. The predicted octanol–water partition coefficient (Wildman–Crippen LogP) is 3.07. The summed E-state index contributed by atoms with van der Waals surface area (Å²) in [6.45, 7) is 3.76. The number of benzene rings is 1. The molecule has 0 bridgehead atoms. The van der Waals surface area contributed by atoms with Crippen LogP contribution in [-0.4, -0.2) is 18.1 Å². The highest BCUT2D eigenvalue weighted by molar-refractivity contribution is 5.76. The van der Waals surface area contributed by atoms with Crippen LogP contribution in [0.25, 0.3) is 11.3 Å². The average Bonchev–Trinajstić information content (AvgIpc) is 2.47. The molecule has 0 atom stereocenters. The Kier molecular flexibility index (Phi) is 4.26. The van der Waals surface area contributed by atoms with Crippen molar-refractivity contribution in [3.8, 4) is 11.3 Å². The van der Waals surface area contributed by atoms with Gasteiger partial charge in [0.1, 0.15) is 0 Å². The van der Waals surface area contributed by atoms with Crippen molar-refractivity contribution in [3.63, 3.8) is 0 Å². The van der Waals surface area contributed by atoms with Gasteiger partial charge in [-0.15, -0.1) is 0 Å². The van der Waals surface area contributed by atoms with Crippen molar-refractivity contribution in [3.05, 3.63) is 48.2 Å². The van der Waals surface area contributed by atoms with Crippen LogP contribution >= 0.6 is 0 Å².